The summed E-state index contributed by atoms with van der Waals surface area (Å²) in [6.45, 7) is 4.36. The van der Waals surface area contributed by atoms with Gasteiger partial charge in [0, 0.05) is 18.5 Å². The Labute approximate surface area is 259 Å². The number of phosphoric ester groups is 1. The van der Waals surface area contributed by atoms with E-state index in [2.05, 4.69) is 27.8 Å². The summed E-state index contributed by atoms with van der Waals surface area (Å²) >= 11 is -1.08. The first-order chi connectivity index (χ1) is 19.3. The van der Waals surface area contributed by atoms with Crippen LogP contribution in [0.2, 0.25) is 0 Å². The minimum atomic E-state index is -4.63. The third kappa shape index (κ3) is 8.75. The first-order valence-corrected chi connectivity index (χ1v) is 15.1. The van der Waals surface area contributed by atoms with Gasteiger partial charge in [0.1, 0.15) is 0 Å². The Balaban J connectivity index is 0.00000105. The SMILES string of the molecule is CP.[2H][Gd][3H].[CH2-]OP(=O)([O-])OC1Cc2ccccc2C1N(Cc1ccccc1)C(=O)c1ccc(CCCC)cc1. The summed E-state index contributed by atoms with van der Waals surface area (Å²) < 4.78 is 34.0. The molecule has 4 unspecified atom stereocenters. The van der Waals surface area contributed by atoms with Gasteiger partial charge in [0.15, 0.2) is 0 Å². The van der Waals surface area contributed by atoms with Crippen LogP contribution in [0.4, 0.5) is 0 Å². The van der Waals surface area contributed by atoms with Crippen LogP contribution >= 0.6 is 17.1 Å². The van der Waals surface area contributed by atoms with Gasteiger partial charge < -0.3 is 18.8 Å². The van der Waals surface area contributed by atoms with E-state index in [0.29, 0.717) is 18.5 Å². The number of carbonyl (C=O) groups is 1. The second kappa shape index (κ2) is 16.3. The Bertz CT molecular complexity index is 1220. The van der Waals surface area contributed by atoms with Crippen molar-refractivity contribution in [2.45, 2.75) is 51.3 Å². The molecule has 4 rings (SSSR count). The Morgan fingerprint density at radius 2 is 1.79 bits per heavy atom. The molecule has 0 saturated carbocycles. The summed E-state index contributed by atoms with van der Waals surface area (Å²) in [5.74, 6) is -0.192. The molecular weight excluding hydrogens is 662 g/mol. The van der Waals surface area contributed by atoms with E-state index in [1.54, 1.807) is 4.90 Å². The van der Waals surface area contributed by atoms with E-state index in [-0.39, 0.29) is 5.91 Å². The van der Waals surface area contributed by atoms with Gasteiger partial charge in [-0.2, -0.15) is 0 Å². The third-order valence-electron chi connectivity index (χ3n) is 6.38. The summed E-state index contributed by atoms with van der Waals surface area (Å²) in [6.07, 6.45) is 2.68. The van der Waals surface area contributed by atoms with Crippen molar-refractivity contribution in [1.82, 2.24) is 4.90 Å². The number of aryl methyl sites for hydroxylation is 1. The fraction of sp³-hybridized carbons (Fsp3) is 0.310. The number of hydrogen-bond donors (Lipinski definition) is 0. The number of phosphoric acid groups is 1. The van der Waals surface area contributed by atoms with Gasteiger partial charge >= 0.3 is 38.6 Å². The van der Waals surface area contributed by atoms with E-state index >= 15 is 0 Å². The van der Waals surface area contributed by atoms with Gasteiger partial charge in [0.2, 0.25) is 7.82 Å². The topological polar surface area (TPSA) is 78.9 Å². The largest absolute Gasteiger partial charge is 0.758 e. The summed E-state index contributed by atoms with van der Waals surface area (Å²) in [5, 5.41) is 0. The number of carbonyl (C=O) groups excluding carboxylic acids is 1. The van der Waals surface area contributed by atoms with Crippen LogP contribution in [0.3, 0.4) is 0 Å². The molecule has 0 fully saturated rings. The number of amides is 1. The standard InChI is InChI=1S/C28H31NO5P.CH5P.Gd.2H/c1-3-4-10-21-15-17-23(18-16-21)28(30)29(20-22-11-6-5-7-12-22)27-25-14-9-8-13-24(25)19-26(27)34-35(31,32)33-2;1-2;;;/h5-9,11-18,26-27H,2-4,10,19-20H2,1H3,(H,31,32);2H2,1H3;;;/q-1;;;;/p-1/i;;;1+2;1+1. The zero-order valence-electron chi connectivity index (χ0n) is 23.8. The average Bonchev–Trinajstić information content (AvgIpc) is 3.33. The summed E-state index contributed by atoms with van der Waals surface area (Å²) in [6, 6.07) is 24.3. The fourth-order valence-corrected chi connectivity index (χ4v) is 5.22. The summed E-state index contributed by atoms with van der Waals surface area (Å²) in [7, 11) is 0.805. The van der Waals surface area contributed by atoms with Crippen LogP contribution in [0, 0.1) is 46.4 Å². The molecule has 0 aliphatic heterocycles. The molecule has 0 spiro atoms. The zero-order valence-corrected chi connectivity index (χ0v) is 26.1. The third-order valence-corrected chi connectivity index (χ3v) is 7.23. The van der Waals surface area contributed by atoms with Gasteiger partial charge in [0.25, 0.3) is 5.91 Å². The molecule has 208 valence electrons. The maximum atomic E-state index is 13.9. The normalized spacial score (nSPS) is 17.9. The van der Waals surface area contributed by atoms with Crippen molar-refractivity contribution in [2.24, 2.45) is 0 Å². The molecule has 3 aromatic carbocycles. The number of unbranched alkanes of at least 4 members (excludes halogenated alkanes) is 1. The average molecular weight is 702 g/mol. The molecule has 38 heavy (non-hydrogen) atoms. The van der Waals surface area contributed by atoms with Crippen LogP contribution in [-0.2, 0) is 33.0 Å². The van der Waals surface area contributed by atoms with E-state index in [0.717, 1.165) is 36.0 Å². The fourth-order valence-electron chi connectivity index (χ4n) is 4.63. The molecule has 1 amide bonds. The minimum Gasteiger partial charge on any atom is -0.758 e. The molecule has 0 radical (unpaired) electrons. The van der Waals surface area contributed by atoms with Crippen molar-refractivity contribution in [1.29, 1.82) is -0.657 Å². The smallest absolute Gasteiger partial charge is 0.254 e. The van der Waals surface area contributed by atoms with Crippen LogP contribution in [0.15, 0.2) is 78.9 Å². The maximum Gasteiger partial charge on any atom is 0.254 e. The van der Waals surface area contributed by atoms with Crippen molar-refractivity contribution in [2.75, 3.05) is 6.66 Å². The Morgan fingerprint density at radius 3 is 2.42 bits per heavy atom. The molecule has 1 aliphatic carbocycles. The first-order valence-electron chi connectivity index (χ1n) is 13.1. The van der Waals surface area contributed by atoms with E-state index in [4.69, 9.17) is 3.87 Å². The summed E-state index contributed by atoms with van der Waals surface area (Å²) in [5.41, 5.74) is 4.47. The molecule has 6 nitrogen and oxygen atoms in total. The molecule has 4 atom stereocenters. The van der Waals surface area contributed by atoms with Crippen LogP contribution < -0.4 is 4.89 Å². The molecule has 0 bridgehead atoms. The first kappa shape index (κ1) is 30.0. The molecule has 0 aromatic heterocycles. The molecule has 0 heterocycles. The molecule has 3 aromatic rings. The van der Waals surface area contributed by atoms with E-state index in [9.17, 15) is 14.3 Å². The number of benzene rings is 3. The number of fused-ring (bicyclic) bond motifs is 1. The van der Waals surface area contributed by atoms with E-state index < -0.39 is 59.3 Å². The van der Waals surface area contributed by atoms with Crippen LogP contribution in [0.25, 0.3) is 0 Å². The molecule has 1 aliphatic rings. The van der Waals surface area contributed by atoms with E-state index in [1.165, 1.54) is 5.56 Å². The minimum absolute atomic E-state index is 0.192. The van der Waals surface area contributed by atoms with Gasteiger partial charge in [-0.15, -0.1) is 9.24 Å². The maximum absolute atomic E-state index is 13.9. The summed E-state index contributed by atoms with van der Waals surface area (Å²) in [4.78, 5) is 27.8. The van der Waals surface area contributed by atoms with Crippen molar-refractivity contribution >= 4 is 23.0 Å². The second-order valence-electron chi connectivity index (χ2n) is 8.79. The van der Waals surface area contributed by atoms with Crippen molar-refractivity contribution in [3.8, 4) is 0 Å². The monoisotopic (exact) mass is 702 g/mol. The number of rotatable bonds is 10. The van der Waals surface area contributed by atoms with Crippen LogP contribution in [-0.4, -0.2) is 22.9 Å². The van der Waals surface area contributed by atoms with Gasteiger partial charge in [0.05, 0.1) is 12.1 Å². The predicted octanol–water partition coefficient (Wildman–Crippen LogP) is 5.59. The van der Waals surface area contributed by atoms with Crippen LogP contribution in [0.1, 0.15) is 58.4 Å². The van der Waals surface area contributed by atoms with Crippen molar-refractivity contribution in [3.05, 3.63) is 114 Å². The van der Waals surface area contributed by atoms with Crippen molar-refractivity contribution < 1.29 is 62.6 Å². The molecule has 0 saturated heterocycles. The van der Waals surface area contributed by atoms with E-state index in [1.807, 2.05) is 85.5 Å². The van der Waals surface area contributed by atoms with Gasteiger partial charge in [-0.1, -0.05) is 86.7 Å². The second-order valence-corrected chi connectivity index (χ2v) is 10.2. The van der Waals surface area contributed by atoms with Crippen molar-refractivity contribution in [3.63, 3.8) is 0 Å². The Kier molecular flexibility index (Phi) is 12.9. The number of nitrogens with zero attached hydrogens (tertiary/aromatic N) is 1. The molecule has 0 N–H and O–H groups in total. The predicted molar refractivity (Wildman–Crippen MR) is 152 cm³/mol. The van der Waals surface area contributed by atoms with Gasteiger partial charge in [-0.25, -0.2) is 7.11 Å². The number of hydrogen-bond acceptors (Lipinski definition) is 5. The molecule has 9 heteroatoms. The molecular formula is C29H37GdNO5P2-2. The Morgan fingerprint density at radius 1 is 1.16 bits per heavy atom. The van der Waals surface area contributed by atoms with Gasteiger partial charge in [-0.05, 0) is 47.2 Å². The van der Waals surface area contributed by atoms with Gasteiger partial charge in [-0.3, -0.25) is 9.36 Å². The quantitative estimate of drug-likeness (QED) is 0.204. The zero-order chi connectivity index (χ0) is 29.5. The Hall–Kier alpha value is -1.01. The van der Waals surface area contributed by atoms with Crippen LogP contribution in [0.5, 0.6) is 0 Å².